The van der Waals surface area contributed by atoms with Crippen LogP contribution in [-0.2, 0) is 26.3 Å². The summed E-state index contributed by atoms with van der Waals surface area (Å²) < 4.78 is 1.87. The molecule has 4 heterocycles. The molecule has 2 atom stereocenters. The van der Waals surface area contributed by atoms with Crippen molar-refractivity contribution in [3.8, 4) is 0 Å². The maximum Gasteiger partial charge on any atom is 1.00 e. The number of oxime groups is 1. The molecular weight excluding hydrogens is 564 g/mol. The molecule has 0 bridgehead atoms. The number of hydrogen-bond donors (Lipinski definition) is 3. The molecule has 14 nitrogen and oxygen atoms in total. The summed E-state index contributed by atoms with van der Waals surface area (Å²) in [6.45, 7) is 0. The zero-order chi connectivity index (χ0) is 23.7. The van der Waals surface area contributed by atoms with E-state index >= 15 is 0 Å². The molecule has 18 heteroatoms. The van der Waals surface area contributed by atoms with Crippen LogP contribution in [0.3, 0.4) is 0 Å². The number of β-lactam (4-membered cyclic amide) rings is 1. The van der Waals surface area contributed by atoms with Crippen LogP contribution >= 0.6 is 23.5 Å². The van der Waals surface area contributed by atoms with Crippen molar-refractivity contribution in [1.82, 2.24) is 35.4 Å². The minimum absolute atomic E-state index is 0. The first-order valence-corrected chi connectivity index (χ1v) is 13.1. The van der Waals surface area contributed by atoms with Gasteiger partial charge in [-0.25, -0.2) is 4.68 Å². The fraction of sp³-hybridized carbons (Fsp3) is 0.375. The van der Waals surface area contributed by atoms with Crippen molar-refractivity contribution in [3.63, 3.8) is 0 Å². The fourth-order valence-corrected chi connectivity index (χ4v) is 6.68. The number of aryl methyl sites for hydroxylation is 1. The molecule has 2 aliphatic heterocycles. The van der Waals surface area contributed by atoms with Crippen LogP contribution < -0.4 is 40.6 Å². The Kier molecular flexibility index (Phi) is 8.83. The van der Waals surface area contributed by atoms with Crippen molar-refractivity contribution in [2.24, 2.45) is 12.2 Å². The number of thioether (sulfide) groups is 2. The molecule has 1 saturated heterocycles. The normalized spacial score (nSPS) is 19.8. The van der Waals surface area contributed by atoms with E-state index in [1.165, 1.54) is 40.2 Å². The van der Waals surface area contributed by atoms with Crippen molar-refractivity contribution >= 4 is 66.2 Å². The molecule has 2 amide bonds. The summed E-state index contributed by atoms with van der Waals surface area (Å²) in [5, 5.41) is 27.2. The topological polar surface area (TPSA) is 191 Å². The van der Waals surface area contributed by atoms with Gasteiger partial charge in [0.25, 0.3) is 0 Å². The second kappa shape index (κ2) is 11.2. The molecular formula is C16H18N9NaO5S2Se. The average Bonchev–Trinajstić information content (AvgIpc) is 3.40. The molecule has 1 fully saturated rings. The number of carbonyl (C=O) groups is 3. The van der Waals surface area contributed by atoms with Crippen LogP contribution in [0.1, 0.15) is 7.12 Å². The fourth-order valence-electron chi connectivity index (χ4n) is 3.19. The van der Waals surface area contributed by atoms with Gasteiger partial charge in [-0.1, -0.05) is 0 Å². The first-order valence-electron chi connectivity index (χ1n) is 9.20. The quantitative estimate of drug-likeness (QED) is 0.0887. The summed E-state index contributed by atoms with van der Waals surface area (Å²) in [5.41, 5.74) is 6.35. The van der Waals surface area contributed by atoms with Gasteiger partial charge in [-0.15, -0.1) is 5.10 Å². The predicted molar refractivity (Wildman–Crippen MR) is 119 cm³/mol. The van der Waals surface area contributed by atoms with Crippen LogP contribution in [0.4, 0.5) is 4.69 Å². The molecule has 2 aromatic heterocycles. The van der Waals surface area contributed by atoms with E-state index < -0.39 is 29.2 Å². The van der Waals surface area contributed by atoms with Gasteiger partial charge in [0.2, 0.25) is 5.16 Å². The molecule has 0 saturated carbocycles. The number of tetrazole rings is 1. The number of nitrogen functional groups attached to an aromatic ring is 1. The van der Waals surface area contributed by atoms with Gasteiger partial charge in [0.1, 0.15) is 0 Å². The molecule has 176 valence electrons. The number of carboxylic acids is 1. The van der Waals surface area contributed by atoms with E-state index in [9.17, 15) is 19.5 Å². The van der Waals surface area contributed by atoms with Crippen LogP contribution in [0.5, 0.6) is 0 Å². The summed E-state index contributed by atoms with van der Waals surface area (Å²) in [6, 6.07) is -0.912. The largest absolute Gasteiger partial charge is 1.00 e. The van der Waals surface area contributed by atoms with E-state index in [1.54, 1.807) is 12.0 Å². The number of nitrogens with two attached hydrogens (primary N) is 1. The molecule has 0 aliphatic carbocycles. The SMILES string of the molecule is CO/N=C(\C(=O)N[C@@H]1C(=O)N2C(C(=O)O)=C(CSc3nnnn3C)CS[C@H]12)c1c[se]c(N)n1.[H-].[Na+]. The van der Waals surface area contributed by atoms with Gasteiger partial charge >= 0.3 is 198 Å². The van der Waals surface area contributed by atoms with Gasteiger partial charge in [0.15, 0.2) is 0 Å². The molecule has 0 spiro atoms. The van der Waals surface area contributed by atoms with Crippen LogP contribution in [0, 0.1) is 0 Å². The van der Waals surface area contributed by atoms with E-state index in [-0.39, 0.29) is 62.6 Å². The monoisotopic (exact) mass is 583 g/mol. The van der Waals surface area contributed by atoms with Crippen LogP contribution in [0.15, 0.2) is 26.5 Å². The van der Waals surface area contributed by atoms with E-state index in [0.717, 1.165) is 0 Å². The number of amides is 2. The third-order valence-corrected chi connectivity index (χ3v) is 8.51. The summed E-state index contributed by atoms with van der Waals surface area (Å²) in [6.07, 6.45) is 0. The molecule has 2 aromatic rings. The molecule has 0 radical (unpaired) electrons. The Morgan fingerprint density at radius 3 is 2.88 bits per heavy atom. The molecule has 2 aliphatic rings. The van der Waals surface area contributed by atoms with Crippen LogP contribution in [0.25, 0.3) is 0 Å². The second-order valence-electron chi connectivity index (χ2n) is 6.69. The minimum atomic E-state index is -1.21. The molecule has 0 aromatic carbocycles. The molecule has 34 heavy (non-hydrogen) atoms. The standard InChI is InChI=1S/C16H17N9O5S2Se.Na.H/c1-24-16(20-22-23-24)32-4-6-3-31-13-9(12(27)25(13)10(6)14(28)29)19-11(26)8(21-30-2)7-5-33-15(17)18-7;;/h5,9,13H,3-4H2,1-2H3,(H2,17,18)(H,19,26)(H,28,29);;/q;+1;-1/b21-8-;;/t9-,13-;;/m1../s1. The maximum atomic E-state index is 12.9. The Bertz CT molecular complexity index is 1190. The predicted octanol–water partition coefficient (Wildman–Crippen LogP) is -4.76. The second-order valence-corrected chi connectivity index (χ2v) is 10.6. The number of fused-ring (bicyclic) bond motifs is 1. The number of nitrogens with one attached hydrogen (secondary N) is 1. The van der Waals surface area contributed by atoms with Crippen molar-refractivity contribution in [2.45, 2.75) is 16.6 Å². The number of rotatable bonds is 8. The Labute approximate surface area is 230 Å². The van der Waals surface area contributed by atoms with Crippen LogP contribution in [0.2, 0.25) is 0 Å². The first kappa shape index (κ1) is 26.7. The number of carbonyl (C=O) groups excluding carboxylic acids is 2. The Hall–Kier alpha value is -1.88. The Morgan fingerprint density at radius 1 is 1.53 bits per heavy atom. The smallest absolute Gasteiger partial charge is 1.00 e. The number of hydrogen-bond acceptors (Lipinski definition) is 12. The van der Waals surface area contributed by atoms with Crippen molar-refractivity contribution < 1.29 is 55.3 Å². The van der Waals surface area contributed by atoms with Gasteiger partial charge in [0.05, 0.1) is 0 Å². The summed E-state index contributed by atoms with van der Waals surface area (Å²) in [5.74, 6) is -1.72. The first-order chi connectivity index (χ1) is 15.8. The van der Waals surface area contributed by atoms with Crippen molar-refractivity contribution in [3.05, 3.63) is 21.9 Å². The van der Waals surface area contributed by atoms with E-state index in [4.69, 9.17) is 10.6 Å². The number of anilines is 1. The zero-order valence-electron chi connectivity index (χ0n) is 19.2. The zero-order valence-corrected chi connectivity index (χ0v) is 23.5. The van der Waals surface area contributed by atoms with Gasteiger partial charge in [-0.05, 0) is 10.4 Å². The third-order valence-electron chi connectivity index (χ3n) is 4.66. The number of nitrogens with zero attached hydrogens (tertiary/aromatic N) is 7. The van der Waals surface area contributed by atoms with Gasteiger partial charge in [-0.3, -0.25) is 0 Å². The van der Waals surface area contributed by atoms with E-state index in [0.29, 0.717) is 26.9 Å². The molecule has 4 rings (SSSR count). The number of aromatic nitrogens is 5. The third kappa shape index (κ3) is 5.19. The van der Waals surface area contributed by atoms with Gasteiger partial charge in [0, 0.05) is 7.05 Å². The van der Waals surface area contributed by atoms with Gasteiger partial charge < -0.3 is 1.43 Å². The summed E-state index contributed by atoms with van der Waals surface area (Å²) >= 11 is 2.44. The maximum absolute atomic E-state index is 12.9. The van der Waals surface area contributed by atoms with Gasteiger partial charge in [-0.2, -0.15) is 0 Å². The summed E-state index contributed by atoms with van der Waals surface area (Å²) in [7, 11) is 2.96. The number of aliphatic carboxylic acids is 1. The van der Waals surface area contributed by atoms with E-state index in [2.05, 4.69) is 31.0 Å². The molecule has 0 unspecified atom stereocenters. The Balaban J connectivity index is 0.00000216. The van der Waals surface area contributed by atoms with Crippen LogP contribution in [-0.4, -0.2) is 103 Å². The summed E-state index contributed by atoms with van der Waals surface area (Å²) in [4.78, 5) is 49.4. The minimum Gasteiger partial charge on any atom is -1.00 e. The van der Waals surface area contributed by atoms with E-state index in [1.807, 2.05) is 0 Å². The molecule has 4 N–H and O–H groups in total. The number of carboxylic acid groups (broad SMARTS) is 1. The van der Waals surface area contributed by atoms with Crippen molar-refractivity contribution in [1.29, 1.82) is 0 Å². The average molecular weight is 582 g/mol. The van der Waals surface area contributed by atoms with Crippen molar-refractivity contribution in [2.75, 3.05) is 24.3 Å². The Morgan fingerprint density at radius 2 is 2.29 bits per heavy atom.